The van der Waals surface area contributed by atoms with Gasteiger partial charge in [0, 0.05) is 43.6 Å². The zero-order valence-corrected chi connectivity index (χ0v) is 21.3. The summed E-state index contributed by atoms with van der Waals surface area (Å²) in [6.07, 6.45) is 3.29. The number of aliphatic hydroxyl groups is 1. The van der Waals surface area contributed by atoms with Crippen molar-refractivity contribution in [2.45, 2.75) is 57.2 Å². The van der Waals surface area contributed by atoms with Crippen molar-refractivity contribution < 1.29 is 29.4 Å². The third kappa shape index (κ3) is 9.07. The molecule has 2 amide bonds. The van der Waals surface area contributed by atoms with Crippen LogP contribution in [-0.2, 0) is 25.7 Å². The van der Waals surface area contributed by atoms with E-state index in [1.807, 2.05) is 61.7 Å². The van der Waals surface area contributed by atoms with Crippen molar-refractivity contribution in [2.24, 2.45) is 0 Å². The number of aliphatic hydroxyl groups excluding tert-OH is 1. The SMILES string of the molecule is C=CCN(C)C[C@H]1C[C@@H](c2ccc(CO)cc2)O[C@@H](c2ccc(NC(=O)CCCCC(=O)NO)cc2)O1. The molecule has 37 heavy (non-hydrogen) atoms. The maximum Gasteiger partial charge on any atom is 0.243 e. The highest BCUT2D eigenvalue weighted by Crippen LogP contribution is 2.38. The number of carbonyl (C=O) groups is 2. The van der Waals surface area contributed by atoms with Crippen LogP contribution in [0.5, 0.6) is 0 Å². The molecule has 200 valence electrons. The molecule has 3 atom stereocenters. The summed E-state index contributed by atoms with van der Waals surface area (Å²) in [6.45, 7) is 5.29. The number of nitrogens with one attached hydrogen (secondary N) is 2. The molecule has 0 unspecified atom stereocenters. The summed E-state index contributed by atoms with van der Waals surface area (Å²) < 4.78 is 12.7. The van der Waals surface area contributed by atoms with Crippen molar-refractivity contribution in [1.82, 2.24) is 10.4 Å². The van der Waals surface area contributed by atoms with Gasteiger partial charge in [-0.05, 0) is 43.1 Å². The van der Waals surface area contributed by atoms with Crippen LogP contribution in [0.3, 0.4) is 0 Å². The van der Waals surface area contributed by atoms with E-state index in [9.17, 15) is 14.7 Å². The minimum absolute atomic E-state index is 0.00370. The van der Waals surface area contributed by atoms with Gasteiger partial charge in [-0.15, -0.1) is 6.58 Å². The first-order chi connectivity index (χ1) is 17.9. The van der Waals surface area contributed by atoms with Crippen LogP contribution >= 0.6 is 0 Å². The molecule has 0 aromatic heterocycles. The Labute approximate surface area is 218 Å². The smallest absolute Gasteiger partial charge is 0.243 e. The first-order valence-corrected chi connectivity index (χ1v) is 12.5. The van der Waals surface area contributed by atoms with E-state index in [4.69, 9.17) is 14.7 Å². The van der Waals surface area contributed by atoms with Gasteiger partial charge in [0.1, 0.15) is 0 Å². The van der Waals surface area contributed by atoms with Crippen molar-refractivity contribution in [3.05, 3.63) is 77.9 Å². The zero-order chi connectivity index (χ0) is 26.6. The Morgan fingerprint density at radius 1 is 1.03 bits per heavy atom. The lowest BCUT2D eigenvalue weighted by Crippen LogP contribution is -2.37. The van der Waals surface area contributed by atoms with Gasteiger partial charge >= 0.3 is 0 Å². The van der Waals surface area contributed by atoms with Crippen LogP contribution in [0.2, 0.25) is 0 Å². The quantitative estimate of drug-likeness (QED) is 0.140. The number of hydrogen-bond acceptors (Lipinski definition) is 7. The van der Waals surface area contributed by atoms with Crippen LogP contribution in [0.25, 0.3) is 0 Å². The van der Waals surface area contributed by atoms with Gasteiger partial charge in [-0.3, -0.25) is 14.8 Å². The maximum atomic E-state index is 12.2. The number of hydrogen-bond donors (Lipinski definition) is 4. The number of ether oxygens (including phenoxy) is 2. The Morgan fingerprint density at radius 2 is 1.68 bits per heavy atom. The lowest BCUT2D eigenvalue weighted by atomic mass is 9.99. The van der Waals surface area contributed by atoms with Crippen LogP contribution in [0.1, 0.15) is 61.2 Å². The predicted octanol–water partition coefficient (Wildman–Crippen LogP) is 3.85. The molecule has 9 nitrogen and oxygen atoms in total. The Kier molecular flexibility index (Phi) is 11.2. The topological polar surface area (TPSA) is 120 Å². The molecule has 1 aliphatic rings. The van der Waals surface area contributed by atoms with Crippen LogP contribution in [-0.4, -0.2) is 53.3 Å². The third-order valence-corrected chi connectivity index (χ3v) is 6.22. The molecule has 0 spiro atoms. The fourth-order valence-corrected chi connectivity index (χ4v) is 4.25. The van der Waals surface area contributed by atoms with E-state index in [0.717, 1.165) is 29.8 Å². The normalized spacial score (nSPS) is 19.4. The molecule has 2 aromatic rings. The number of benzene rings is 2. The summed E-state index contributed by atoms with van der Waals surface area (Å²) in [4.78, 5) is 25.4. The van der Waals surface area contributed by atoms with Crippen molar-refractivity contribution >= 4 is 17.5 Å². The summed E-state index contributed by atoms with van der Waals surface area (Å²) in [5, 5.41) is 20.7. The van der Waals surface area contributed by atoms with Crippen LogP contribution in [0, 0.1) is 0 Å². The second-order valence-electron chi connectivity index (χ2n) is 9.27. The average molecular weight is 512 g/mol. The minimum atomic E-state index is -0.569. The molecular weight excluding hydrogens is 474 g/mol. The minimum Gasteiger partial charge on any atom is -0.392 e. The van der Waals surface area contributed by atoms with Gasteiger partial charge in [-0.1, -0.05) is 42.5 Å². The summed E-state index contributed by atoms with van der Waals surface area (Å²) >= 11 is 0. The van der Waals surface area contributed by atoms with Gasteiger partial charge in [0.05, 0.1) is 18.8 Å². The van der Waals surface area contributed by atoms with Gasteiger partial charge in [0.15, 0.2) is 6.29 Å². The fraction of sp³-hybridized carbons (Fsp3) is 0.429. The van der Waals surface area contributed by atoms with E-state index in [1.54, 1.807) is 5.48 Å². The molecule has 2 aromatic carbocycles. The number of amides is 2. The van der Waals surface area contributed by atoms with Gasteiger partial charge in [-0.2, -0.15) is 0 Å². The van der Waals surface area contributed by atoms with Crippen molar-refractivity contribution in [3.63, 3.8) is 0 Å². The average Bonchev–Trinajstić information content (AvgIpc) is 2.91. The molecule has 1 aliphatic heterocycles. The summed E-state index contributed by atoms with van der Waals surface area (Å²) in [7, 11) is 2.03. The fourth-order valence-electron chi connectivity index (χ4n) is 4.25. The molecule has 1 saturated heterocycles. The van der Waals surface area contributed by atoms with Crippen molar-refractivity contribution in [2.75, 3.05) is 25.5 Å². The highest BCUT2D eigenvalue weighted by Gasteiger charge is 2.32. The summed E-state index contributed by atoms with van der Waals surface area (Å²) in [5.41, 5.74) is 4.97. The van der Waals surface area contributed by atoms with Crippen LogP contribution in [0.15, 0.2) is 61.2 Å². The Hall–Kier alpha value is -3.08. The standard InChI is InChI=1S/C28H37N3O6/c1-3-16-31(2)18-24-17-25(21-10-8-20(19-32)9-11-21)37-28(36-24)22-12-14-23(15-13-22)29-26(33)6-4-5-7-27(34)30-35/h3,8-15,24-25,28,32,35H,1,4-7,16-19H2,2H3,(H,29,33)(H,30,34)/t24-,25+,28+/m1/s1. The molecule has 9 heteroatoms. The van der Waals surface area contributed by atoms with Crippen molar-refractivity contribution in [1.29, 1.82) is 0 Å². The van der Waals surface area contributed by atoms with E-state index in [-0.39, 0.29) is 37.6 Å². The highest BCUT2D eigenvalue weighted by molar-refractivity contribution is 5.90. The molecule has 1 heterocycles. The van der Waals surface area contributed by atoms with Gasteiger partial charge in [0.25, 0.3) is 0 Å². The van der Waals surface area contributed by atoms with Crippen LogP contribution < -0.4 is 10.8 Å². The molecule has 0 bridgehead atoms. The first-order valence-electron chi connectivity index (χ1n) is 12.5. The number of likely N-dealkylation sites (N-methyl/N-ethyl adjacent to an activating group) is 1. The first kappa shape index (κ1) is 28.5. The zero-order valence-electron chi connectivity index (χ0n) is 21.3. The number of nitrogens with zero attached hydrogens (tertiary/aromatic N) is 1. The summed E-state index contributed by atoms with van der Waals surface area (Å²) in [6, 6.07) is 15.2. The highest BCUT2D eigenvalue weighted by atomic mass is 16.7. The van der Waals surface area contributed by atoms with E-state index < -0.39 is 12.2 Å². The number of hydroxylamine groups is 1. The largest absolute Gasteiger partial charge is 0.392 e. The van der Waals surface area contributed by atoms with Gasteiger partial charge in [-0.25, -0.2) is 5.48 Å². The Balaban J connectivity index is 1.63. The van der Waals surface area contributed by atoms with Crippen LogP contribution in [0.4, 0.5) is 5.69 Å². The number of rotatable bonds is 13. The molecule has 3 rings (SSSR count). The van der Waals surface area contributed by atoms with Crippen molar-refractivity contribution in [3.8, 4) is 0 Å². The molecule has 0 aliphatic carbocycles. The second-order valence-corrected chi connectivity index (χ2v) is 9.27. The van der Waals surface area contributed by atoms with E-state index >= 15 is 0 Å². The van der Waals surface area contributed by atoms with E-state index in [0.29, 0.717) is 24.9 Å². The molecule has 4 N–H and O–H groups in total. The molecule has 0 saturated carbocycles. The van der Waals surface area contributed by atoms with Gasteiger partial charge < -0.3 is 24.8 Å². The maximum absolute atomic E-state index is 12.2. The number of anilines is 1. The predicted molar refractivity (Wildman–Crippen MR) is 140 cm³/mol. The van der Waals surface area contributed by atoms with E-state index in [1.165, 1.54) is 0 Å². The number of unbranched alkanes of at least 4 members (excludes halogenated alkanes) is 1. The van der Waals surface area contributed by atoms with Gasteiger partial charge in [0.2, 0.25) is 11.8 Å². The Bertz CT molecular complexity index is 1010. The second kappa shape index (κ2) is 14.6. The number of carbonyl (C=O) groups excluding carboxylic acids is 2. The lowest BCUT2D eigenvalue weighted by molar-refractivity contribution is -0.252. The lowest BCUT2D eigenvalue weighted by Gasteiger charge is -2.37. The van der Waals surface area contributed by atoms with E-state index in [2.05, 4.69) is 16.8 Å². The Morgan fingerprint density at radius 3 is 2.30 bits per heavy atom. The molecule has 1 fully saturated rings. The molecular formula is C28H37N3O6. The third-order valence-electron chi connectivity index (χ3n) is 6.22. The monoisotopic (exact) mass is 511 g/mol. The molecule has 0 radical (unpaired) electrons. The summed E-state index contributed by atoms with van der Waals surface area (Å²) in [5.74, 6) is -0.596.